The molecule has 25 heavy (non-hydrogen) atoms. The first-order valence-corrected chi connectivity index (χ1v) is 9.55. The monoisotopic (exact) mass is 364 g/mol. The predicted molar refractivity (Wildman–Crippen MR) is 102 cm³/mol. The van der Waals surface area contributed by atoms with E-state index in [4.69, 9.17) is 4.74 Å². The van der Waals surface area contributed by atoms with E-state index in [9.17, 15) is 0 Å². The fourth-order valence-electron chi connectivity index (χ4n) is 2.18. The molecule has 0 bridgehead atoms. The number of nitrogens with zero attached hydrogens (tertiary/aromatic N) is 4. The molecule has 2 aromatic rings. The maximum absolute atomic E-state index is 5.37. The number of rotatable bonds is 10. The van der Waals surface area contributed by atoms with Gasteiger partial charge in [-0.2, -0.15) is 0 Å². The molecule has 0 saturated heterocycles. The van der Waals surface area contributed by atoms with Crippen LogP contribution in [-0.2, 0) is 24.9 Å². The first-order valence-electron chi connectivity index (χ1n) is 8.68. The number of aliphatic imine (C=N–C) groups is 1. The summed E-state index contributed by atoms with van der Waals surface area (Å²) < 4.78 is 7.33. The minimum atomic E-state index is 0.496. The summed E-state index contributed by atoms with van der Waals surface area (Å²) in [6.45, 7) is 7.67. The van der Waals surface area contributed by atoms with Gasteiger partial charge in [0.05, 0.1) is 6.54 Å². The van der Waals surface area contributed by atoms with Gasteiger partial charge in [-0.05, 0) is 38.1 Å². The number of nitrogens with one attached hydrogen (secondary N) is 2. The van der Waals surface area contributed by atoms with E-state index in [2.05, 4.69) is 43.3 Å². The zero-order valence-electron chi connectivity index (χ0n) is 15.3. The number of aryl methyl sites for hydroxylation is 1. The Morgan fingerprint density at radius 1 is 1.32 bits per heavy atom. The van der Waals surface area contributed by atoms with Crippen molar-refractivity contribution in [3.8, 4) is 0 Å². The van der Waals surface area contributed by atoms with Crippen molar-refractivity contribution in [3.63, 3.8) is 0 Å². The van der Waals surface area contributed by atoms with Gasteiger partial charge in [-0.25, -0.2) is 4.99 Å². The zero-order valence-corrected chi connectivity index (χ0v) is 16.1. The molecule has 0 saturated carbocycles. The Bertz CT molecular complexity index is 638. The van der Waals surface area contributed by atoms with Crippen LogP contribution >= 0.6 is 11.3 Å². The molecule has 138 valence electrons. The summed E-state index contributed by atoms with van der Waals surface area (Å²) in [4.78, 5) is 5.92. The van der Waals surface area contributed by atoms with E-state index in [1.54, 1.807) is 11.3 Å². The zero-order chi connectivity index (χ0) is 17.9. The molecule has 2 heterocycles. The van der Waals surface area contributed by atoms with Gasteiger partial charge in [0.15, 0.2) is 11.8 Å². The van der Waals surface area contributed by atoms with E-state index in [0.717, 1.165) is 56.8 Å². The molecule has 0 spiro atoms. The number of aromatic nitrogens is 3. The van der Waals surface area contributed by atoms with Gasteiger partial charge in [0.2, 0.25) is 0 Å². The molecule has 0 aliphatic rings. The smallest absolute Gasteiger partial charge is 0.192 e. The summed E-state index contributed by atoms with van der Waals surface area (Å²) in [5.41, 5.74) is 0. The van der Waals surface area contributed by atoms with Crippen LogP contribution in [0.2, 0.25) is 0 Å². The summed E-state index contributed by atoms with van der Waals surface area (Å²) in [5.74, 6) is 2.54. The molecule has 0 aromatic carbocycles. The van der Waals surface area contributed by atoms with Crippen molar-refractivity contribution < 1.29 is 4.74 Å². The third-order valence-corrected chi connectivity index (χ3v) is 4.66. The van der Waals surface area contributed by atoms with Crippen LogP contribution < -0.4 is 10.6 Å². The van der Waals surface area contributed by atoms with Gasteiger partial charge in [0.25, 0.3) is 0 Å². The maximum atomic E-state index is 5.37. The molecule has 0 atom stereocenters. The second kappa shape index (κ2) is 10.8. The van der Waals surface area contributed by atoms with E-state index in [0.29, 0.717) is 6.54 Å². The molecule has 2 N–H and O–H groups in total. The van der Waals surface area contributed by atoms with E-state index >= 15 is 0 Å². The SMILES string of the molecule is CCOCCCCNC(=NCc1nnc(C)n1C)NCc1cccs1. The summed E-state index contributed by atoms with van der Waals surface area (Å²) in [7, 11) is 1.96. The lowest BCUT2D eigenvalue weighted by molar-refractivity contribution is 0.143. The largest absolute Gasteiger partial charge is 0.382 e. The number of ether oxygens (including phenoxy) is 1. The van der Waals surface area contributed by atoms with E-state index in [1.807, 2.05) is 25.5 Å². The van der Waals surface area contributed by atoms with Crippen LogP contribution in [-0.4, -0.2) is 40.5 Å². The van der Waals surface area contributed by atoms with Gasteiger partial charge in [-0.15, -0.1) is 21.5 Å². The van der Waals surface area contributed by atoms with Crippen molar-refractivity contribution in [3.05, 3.63) is 34.0 Å². The van der Waals surface area contributed by atoms with E-state index in [-0.39, 0.29) is 0 Å². The minimum Gasteiger partial charge on any atom is -0.382 e. The number of guanidine groups is 1. The van der Waals surface area contributed by atoms with Crippen LogP contribution in [0.1, 0.15) is 36.3 Å². The van der Waals surface area contributed by atoms with Gasteiger partial charge in [-0.3, -0.25) is 0 Å². The highest BCUT2D eigenvalue weighted by molar-refractivity contribution is 7.09. The van der Waals surface area contributed by atoms with Crippen molar-refractivity contribution in [2.45, 2.75) is 39.8 Å². The second-order valence-electron chi connectivity index (χ2n) is 5.65. The Balaban J connectivity index is 1.86. The fourth-order valence-corrected chi connectivity index (χ4v) is 2.82. The van der Waals surface area contributed by atoms with Gasteiger partial charge in [-0.1, -0.05) is 6.07 Å². The summed E-state index contributed by atoms with van der Waals surface area (Å²) in [5, 5.41) is 17.1. The molecule has 0 radical (unpaired) electrons. The van der Waals surface area contributed by atoms with Gasteiger partial charge < -0.3 is 19.9 Å². The third kappa shape index (κ3) is 6.83. The molecule has 2 rings (SSSR count). The van der Waals surface area contributed by atoms with Crippen molar-refractivity contribution in [1.29, 1.82) is 0 Å². The predicted octanol–water partition coefficient (Wildman–Crippen LogP) is 2.24. The molecule has 0 aliphatic carbocycles. The lowest BCUT2D eigenvalue weighted by Gasteiger charge is -2.12. The van der Waals surface area contributed by atoms with Crippen LogP contribution in [0.15, 0.2) is 22.5 Å². The van der Waals surface area contributed by atoms with Crippen molar-refractivity contribution in [2.75, 3.05) is 19.8 Å². The summed E-state index contributed by atoms with van der Waals surface area (Å²) in [6, 6.07) is 4.17. The molecule has 0 amide bonds. The normalized spacial score (nSPS) is 11.7. The topological polar surface area (TPSA) is 76.4 Å². The Hall–Kier alpha value is -1.93. The average molecular weight is 365 g/mol. The van der Waals surface area contributed by atoms with Gasteiger partial charge in [0.1, 0.15) is 12.4 Å². The minimum absolute atomic E-state index is 0.496. The quantitative estimate of drug-likeness (QED) is 0.384. The van der Waals surface area contributed by atoms with Crippen LogP contribution in [0.5, 0.6) is 0 Å². The average Bonchev–Trinajstić information content (AvgIpc) is 3.24. The third-order valence-electron chi connectivity index (χ3n) is 3.78. The van der Waals surface area contributed by atoms with Crippen molar-refractivity contribution in [1.82, 2.24) is 25.4 Å². The number of hydrogen-bond donors (Lipinski definition) is 2. The van der Waals surface area contributed by atoms with E-state index < -0.39 is 0 Å². The second-order valence-corrected chi connectivity index (χ2v) is 6.68. The molecular weight excluding hydrogens is 336 g/mol. The molecule has 7 nitrogen and oxygen atoms in total. The lowest BCUT2D eigenvalue weighted by Crippen LogP contribution is -2.37. The Morgan fingerprint density at radius 2 is 2.20 bits per heavy atom. The molecular formula is C17H28N6OS. The van der Waals surface area contributed by atoms with Crippen LogP contribution in [0.4, 0.5) is 0 Å². The maximum Gasteiger partial charge on any atom is 0.192 e. The summed E-state index contributed by atoms with van der Waals surface area (Å²) >= 11 is 1.73. The highest BCUT2D eigenvalue weighted by Gasteiger charge is 2.05. The van der Waals surface area contributed by atoms with Crippen molar-refractivity contribution >= 4 is 17.3 Å². The number of unbranched alkanes of at least 4 members (excludes halogenated alkanes) is 1. The Morgan fingerprint density at radius 3 is 2.88 bits per heavy atom. The standard InChI is InChI=1S/C17H28N6OS/c1-4-24-10-6-5-9-18-17(19-12-15-8-7-11-25-15)20-13-16-22-21-14(2)23(16)3/h7-8,11H,4-6,9-10,12-13H2,1-3H3,(H2,18,19,20). The Labute approximate surface area is 153 Å². The molecule has 0 fully saturated rings. The lowest BCUT2D eigenvalue weighted by atomic mass is 10.3. The number of thiophene rings is 1. The molecule has 8 heteroatoms. The first-order chi connectivity index (χ1) is 12.2. The summed E-state index contributed by atoms with van der Waals surface area (Å²) in [6.07, 6.45) is 2.09. The van der Waals surface area contributed by atoms with Crippen LogP contribution in [0, 0.1) is 6.92 Å². The number of hydrogen-bond acceptors (Lipinski definition) is 5. The van der Waals surface area contributed by atoms with Crippen molar-refractivity contribution in [2.24, 2.45) is 12.0 Å². The highest BCUT2D eigenvalue weighted by atomic mass is 32.1. The highest BCUT2D eigenvalue weighted by Crippen LogP contribution is 2.07. The molecule has 0 unspecified atom stereocenters. The van der Waals surface area contributed by atoms with Gasteiger partial charge in [0, 0.05) is 31.7 Å². The van der Waals surface area contributed by atoms with Crippen LogP contribution in [0.3, 0.4) is 0 Å². The molecule has 0 aliphatic heterocycles. The first kappa shape index (κ1) is 19.4. The Kier molecular flexibility index (Phi) is 8.41. The van der Waals surface area contributed by atoms with Crippen LogP contribution in [0.25, 0.3) is 0 Å². The van der Waals surface area contributed by atoms with E-state index in [1.165, 1.54) is 4.88 Å². The molecule has 2 aromatic heterocycles. The fraction of sp³-hybridized carbons (Fsp3) is 0.588. The van der Waals surface area contributed by atoms with Gasteiger partial charge >= 0.3 is 0 Å².